The summed E-state index contributed by atoms with van der Waals surface area (Å²) in [7, 11) is -4.02. The molecule has 3 rings (SSSR count). The van der Waals surface area contributed by atoms with Gasteiger partial charge in [-0.3, -0.25) is 10.1 Å². The van der Waals surface area contributed by atoms with E-state index < -0.39 is 26.8 Å². The number of sulfonamides is 1. The maximum Gasteiger partial charge on any atom is 0.249 e. The minimum absolute atomic E-state index is 0.0434. The molecule has 0 spiro atoms. The SMILES string of the molecule is CC(C)(C(=O)Nc1nnc(-c2ccccc2)[nH]1)S(=O)(=O)N1CC[C@@H](F)C1. The van der Waals surface area contributed by atoms with Crippen molar-refractivity contribution in [3.63, 3.8) is 0 Å². The second-order valence-corrected chi connectivity index (χ2v) is 9.09. The van der Waals surface area contributed by atoms with Crippen LogP contribution in [0, 0.1) is 0 Å². The number of aromatic amines is 1. The third-order valence-electron chi connectivity index (χ3n) is 4.39. The van der Waals surface area contributed by atoms with Gasteiger partial charge in [0.05, 0.1) is 0 Å². The van der Waals surface area contributed by atoms with Crippen molar-refractivity contribution in [2.45, 2.75) is 31.2 Å². The second-order valence-electron chi connectivity index (χ2n) is 6.60. The van der Waals surface area contributed by atoms with E-state index in [1.165, 1.54) is 13.8 Å². The molecule has 0 bridgehead atoms. The first kappa shape index (κ1) is 18.5. The Morgan fingerprint density at radius 3 is 2.62 bits per heavy atom. The molecule has 1 aromatic heterocycles. The van der Waals surface area contributed by atoms with E-state index in [0.29, 0.717) is 5.82 Å². The maximum absolute atomic E-state index is 13.4. The summed E-state index contributed by atoms with van der Waals surface area (Å²) in [6.45, 7) is 2.43. The van der Waals surface area contributed by atoms with Gasteiger partial charge >= 0.3 is 0 Å². The molecule has 1 aromatic carbocycles. The van der Waals surface area contributed by atoms with Crippen molar-refractivity contribution in [3.8, 4) is 11.4 Å². The Kier molecular flexibility index (Phi) is 4.80. The maximum atomic E-state index is 13.4. The molecule has 140 valence electrons. The summed E-state index contributed by atoms with van der Waals surface area (Å²) in [5.74, 6) is -0.279. The van der Waals surface area contributed by atoms with Crippen molar-refractivity contribution in [1.82, 2.24) is 19.5 Å². The largest absolute Gasteiger partial charge is 0.307 e. The van der Waals surface area contributed by atoms with Crippen molar-refractivity contribution in [3.05, 3.63) is 30.3 Å². The van der Waals surface area contributed by atoms with Crippen LogP contribution < -0.4 is 5.32 Å². The molecule has 26 heavy (non-hydrogen) atoms. The van der Waals surface area contributed by atoms with E-state index in [1.807, 2.05) is 30.3 Å². The van der Waals surface area contributed by atoms with Crippen LogP contribution in [-0.2, 0) is 14.8 Å². The Hall–Kier alpha value is -2.33. The summed E-state index contributed by atoms with van der Waals surface area (Å²) < 4.78 is 38.0. The molecule has 1 saturated heterocycles. The number of benzene rings is 1. The number of alkyl halides is 1. The number of anilines is 1. The number of nitrogens with zero attached hydrogens (tertiary/aromatic N) is 3. The zero-order chi connectivity index (χ0) is 18.9. The Bertz CT molecular complexity index is 898. The van der Waals surface area contributed by atoms with Gasteiger partial charge in [-0.25, -0.2) is 12.8 Å². The van der Waals surface area contributed by atoms with Gasteiger partial charge in [-0.2, -0.15) is 4.31 Å². The molecule has 0 aliphatic carbocycles. The first-order valence-electron chi connectivity index (χ1n) is 8.15. The standard InChI is InChI=1S/C16H20FN5O3S/c1-16(2,26(24,25)22-9-8-12(17)10-22)14(23)19-15-18-13(20-21-15)11-6-4-3-5-7-11/h3-7,12H,8-10H2,1-2H3,(H2,18,19,20,21,23)/t12-/m1/s1. The Balaban J connectivity index is 1.76. The molecule has 2 aromatic rings. The van der Waals surface area contributed by atoms with Crippen LogP contribution in [0.5, 0.6) is 0 Å². The van der Waals surface area contributed by atoms with Gasteiger partial charge in [0.25, 0.3) is 0 Å². The summed E-state index contributed by atoms with van der Waals surface area (Å²) >= 11 is 0. The lowest BCUT2D eigenvalue weighted by atomic mass is 10.2. The van der Waals surface area contributed by atoms with E-state index in [1.54, 1.807) is 0 Å². The van der Waals surface area contributed by atoms with E-state index in [-0.39, 0.29) is 25.5 Å². The third-order valence-corrected chi connectivity index (χ3v) is 6.88. The second kappa shape index (κ2) is 6.76. The number of halogens is 1. The van der Waals surface area contributed by atoms with E-state index in [9.17, 15) is 17.6 Å². The monoisotopic (exact) mass is 381 g/mol. The number of carbonyl (C=O) groups excluding carboxylic acids is 1. The molecule has 0 radical (unpaired) electrons. The number of carbonyl (C=O) groups is 1. The molecule has 1 aliphatic rings. The lowest BCUT2D eigenvalue weighted by Gasteiger charge is -2.28. The average Bonchev–Trinajstić information content (AvgIpc) is 3.25. The molecule has 8 nitrogen and oxygen atoms in total. The fourth-order valence-electron chi connectivity index (χ4n) is 2.65. The summed E-state index contributed by atoms with van der Waals surface area (Å²) in [5.41, 5.74) is 0.776. The summed E-state index contributed by atoms with van der Waals surface area (Å²) in [6.07, 6.45) is -1.06. The van der Waals surface area contributed by atoms with Crippen molar-refractivity contribution >= 4 is 21.9 Å². The van der Waals surface area contributed by atoms with Crippen LogP contribution in [0.25, 0.3) is 11.4 Å². The highest BCUT2D eigenvalue weighted by molar-refractivity contribution is 7.91. The number of rotatable bonds is 5. The van der Waals surface area contributed by atoms with Crippen LogP contribution in [0.15, 0.2) is 30.3 Å². The van der Waals surface area contributed by atoms with E-state index >= 15 is 0 Å². The van der Waals surface area contributed by atoms with Gasteiger partial charge < -0.3 is 4.98 Å². The highest BCUT2D eigenvalue weighted by Crippen LogP contribution is 2.27. The quantitative estimate of drug-likeness (QED) is 0.817. The van der Waals surface area contributed by atoms with Crippen molar-refractivity contribution in [2.24, 2.45) is 0 Å². The predicted octanol–water partition coefficient (Wildman–Crippen LogP) is 1.56. The number of nitrogens with one attached hydrogen (secondary N) is 2. The minimum atomic E-state index is -4.02. The van der Waals surface area contributed by atoms with Gasteiger partial charge in [-0.15, -0.1) is 10.2 Å². The number of aromatic nitrogens is 3. The molecule has 2 heterocycles. The van der Waals surface area contributed by atoms with Crippen LogP contribution in [0.1, 0.15) is 20.3 Å². The lowest BCUT2D eigenvalue weighted by molar-refractivity contribution is -0.118. The van der Waals surface area contributed by atoms with Crippen molar-refractivity contribution in [1.29, 1.82) is 0 Å². The van der Waals surface area contributed by atoms with E-state index in [2.05, 4.69) is 20.5 Å². The fraction of sp³-hybridized carbons (Fsp3) is 0.438. The molecule has 0 saturated carbocycles. The topological polar surface area (TPSA) is 108 Å². The highest BCUT2D eigenvalue weighted by atomic mass is 32.2. The average molecular weight is 381 g/mol. The highest BCUT2D eigenvalue weighted by Gasteiger charge is 2.47. The molecule has 1 fully saturated rings. The smallest absolute Gasteiger partial charge is 0.249 e. The normalized spacial score (nSPS) is 18.8. The van der Waals surface area contributed by atoms with E-state index in [4.69, 9.17) is 0 Å². The van der Waals surface area contributed by atoms with Gasteiger partial charge in [-0.05, 0) is 20.3 Å². The van der Waals surface area contributed by atoms with Crippen molar-refractivity contribution in [2.75, 3.05) is 18.4 Å². The Morgan fingerprint density at radius 1 is 1.31 bits per heavy atom. The van der Waals surface area contributed by atoms with Gasteiger partial charge in [0.15, 0.2) is 10.6 Å². The van der Waals surface area contributed by atoms with Crippen LogP contribution in [0.2, 0.25) is 0 Å². The zero-order valence-corrected chi connectivity index (χ0v) is 15.3. The Morgan fingerprint density at radius 2 is 2.00 bits per heavy atom. The summed E-state index contributed by atoms with van der Waals surface area (Å²) in [4.78, 5) is 15.4. The molecule has 1 amide bonds. The van der Waals surface area contributed by atoms with Crippen molar-refractivity contribution < 1.29 is 17.6 Å². The van der Waals surface area contributed by atoms with Crippen LogP contribution in [-0.4, -0.2) is 57.8 Å². The first-order chi connectivity index (χ1) is 12.2. The Labute approximate surface area is 150 Å². The lowest BCUT2D eigenvalue weighted by Crippen LogP contribution is -2.51. The molecule has 10 heteroatoms. The van der Waals surface area contributed by atoms with Crippen LogP contribution in [0.3, 0.4) is 0 Å². The number of amides is 1. The molecular formula is C16H20FN5O3S. The number of hydrogen-bond acceptors (Lipinski definition) is 5. The number of hydrogen-bond donors (Lipinski definition) is 2. The van der Waals surface area contributed by atoms with Gasteiger partial charge in [0.1, 0.15) is 6.17 Å². The third kappa shape index (κ3) is 3.34. The fourth-order valence-corrected chi connectivity index (χ4v) is 4.28. The summed E-state index contributed by atoms with van der Waals surface area (Å²) in [6, 6.07) is 9.17. The molecule has 1 atom stereocenters. The molecule has 1 aliphatic heterocycles. The van der Waals surface area contributed by atoms with Crippen LogP contribution in [0.4, 0.5) is 10.3 Å². The number of H-pyrrole nitrogens is 1. The van der Waals surface area contributed by atoms with Crippen LogP contribution >= 0.6 is 0 Å². The minimum Gasteiger partial charge on any atom is -0.307 e. The van der Waals surface area contributed by atoms with Gasteiger partial charge in [-0.1, -0.05) is 30.3 Å². The molecule has 0 unspecified atom stereocenters. The first-order valence-corrected chi connectivity index (χ1v) is 9.59. The van der Waals surface area contributed by atoms with Gasteiger partial charge in [0.2, 0.25) is 21.9 Å². The summed E-state index contributed by atoms with van der Waals surface area (Å²) in [5, 5.41) is 10.2. The predicted molar refractivity (Wildman–Crippen MR) is 94.5 cm³/mol. The molecular weight excluding hydrogens is 361 g/mol. The molecule has 2 N–H and O–H groups in total. The van der Waals surface area contributed by atoms with Gasteiger partial charge in [0, 0.05) is 18.7 Å². The van der Waals surface area contributed by atoms with E-state index in [0.717, 1.165) is 9.87 Å². The zero-order valence-electron chi connectivity index (χ0n) is 14.4.